The minimum atomic E-state index is -5.14. The van der Waals surface area contributed by atoms with Crippen molar-refractivity contribution < 1.29 is 22.8 Å². The van der Waals surface area contributed by atoms with Gasteiger partial charge in [0.05, 0.1) is 17.4 Å². The van der Waals surface area contributed by atoms with Crippen LogP contribution in [0.1, 0.15) is 41.5 Å². The number of carbonyl (C=O) groups is 2. The molecule has 2 atom stereocenters. The number of rotatable bonds is 2. The van der Waals surface area contributed by atoms with Crippen LogP contribution in [0.5, 0.6) is 0 Å². The summed E-state index contributed by atoms with van der Waals surface area (Å²) in [6.07, 6.45) is -4.72. The van der Waals surface area contributed by atoms with Gasteiger partial charge in [0, 0.05) is 22.7 Å². The molecule has 1 N–H and O–H groups in total. The van der Waals surface area contributed by atoms with Crippen molar-refractivity contribution in [1.82, 2.24) is 0 Å². The summed E-state index contributed by atoms with van der Waals surface area (Å²) in [4.78, 5) is 27.4. The minimum Gasteiger partial charge on any atom is -0.357 e. The summed E-state index contributed by atoms with van der Waals surface area (Å²) in [6.45, 7) is 1.86. The van der Waals surface area contributed by atoms with Crippen LogP contribution in [-0.2, 0) is 9.59 Å². The average Bonchev–Trinajstić information content (AvgIpc) is 2.98. The summed E-state index contributed by atoms with van der Waals surface area (Å²) in [5, 5.41) is 3.74. The molecule has 184 valence electrons. The van der Waals surface area contributed by atoms with E-state index in [9.17, 15) is 22.8 Å². The minimum absolute atomic E-state index is 0.0573. The van der Waals surface area contributed by atoms with Crippen LogP contribution in [0.25, 0.3) is 0 Å². The summed E-state index contributed by atoms with van der Waals surface area (Å²) < 4.78 is 41.8. The van der Waals surface area contributed by atoms with E-state index in [2.05, 4.69) is 5.32 Å². The van der Waals surface area contributed by atoms with Crippen molar-refractivity contribution in [3.63, 3.8) is 0 Å². The normalized spacial score (nSPS) is 19.8. The second-order valence-corrected chi connectivity index (χ2v) is 9.48. The summed E-state index contributed by atoms with van der Waals surface area (Å²) in [7, 11) is 0. The number of carbonyl (C=O) groups excluding carboxylic acids is 2. The van der Waals surface area contributed by atoms with Gasteiger partial charge in [-0.15, -0.1) is 0 Å². The summed E-state index contributed by atoms with van der Waals surface area (Å²) in [6, 6.07) is 19.2. The summed E-state index contributed by atoms with van der Waals surface area (Å²) in [5.41, 5.74) is 3.17. The lowest BCUT2D eigenvalue weighted by Crippen LogP contribution is -2.45. The van der Waals surface area contributed by atoms with Crippen molar-refractivity contribution in [2.45, 2.75) is 37.9 Å². The molecule has 0 spiro atoms. The molecule has 0 bridgehead atoms. The third-order valence-electron chi connectivity index (χ3n) is 6.69. The third kappa shape index (κ3) is 4.28. The maximum Gasteiger partial charge on any atom is 0.471 e. The molecular weight excluding hydrogens is 489 g/mol. The zero-order valence-corrected chi connectivity index (χ0v) is 20.0. The van der Waals surface area contributed by atoms with E-state index >= 15 is 0 Å². The highest BCUT2D eigenvalue weighted by Crippen LogP contribution is 2.49. The molecule has 0 aromatic heterocycles. The number of amides is 1. The molecule has 1 aliphatic carbocycles. The molecule has 3 aromatic carbocycles. The first-order valence-electron chi connectivity index (χ1n) is 11.5. The standard InChI is InChI=1S/C28H22ClF3N2O2/c1-16-10-12-17(13-11-16)26-25-22(14-18(15-24(25)35)19-6-2-3-7-20(19)29)33-21-8-4-5-9-23(21)34(26)27(36)28(30,31)32/h2-13,18,26,33H,14-15H2,1H3/t18-,26-/m1/s1. The Hall–Kier alpha value is -3.58. The number of alkyl halides is 3. The van der Waals surface area contributed by atoms with Crippen LogP contribution in [0.3, 0.4) is 0 Å². The fourth-order valence-corrected chi connectivity index (χ4v) is 5.33. The fraction of sp³-hybridized carbons (Fsp3) is 0.214. The number of aryl methyl sites for hydroxylation is 1. The zero-order chi connectivity index (χ0) is 25.6. The highest BCUT2D eigenvalue weighted by molar-refractivity contribution is 6.31. The molecule has 5 rings (SSSR count). The Labute approximate surface area is 211 Å². The van der Waals surface area contributed by atoms with Gasteiger partial charge in [-0.2, -0.15) is 13.2 Å². The van der Waals surface area contributed by atoms with Gasteiger partial charge >= 0.3 is 12.1 Å². The number of halogens is 4. The van der Waals surface area contributed by atoms with Gasteiger partial charge in [0.2, 0.25) is 0 Å². The van der Waals surface area contributed by atoms with Crippen molar-refractivity contribution in [3.8, 4) is 0 Å². The van der Waals surface area contributed by atoms with E-state index in [0.717, 1.165) is 11.1 Å². The van der Waals surface area contributed by atoms with E-state index in [4.69, 9.17) is 11.6 Å². The Morgan fingerprint density at radius 3 is 2.33 bits per heavy atom. The number of ketones is 1. The van der Waals surface area contributed by atoms with Crippen LogP contribution in [0.4, 0.5) is 24.5 Å². The molecular formula is C28H22ClF3N2O2. The number of anilines is 2. The smallest absolute Gasteiger partial charge is 0.357 e. The number of fused-ring (bicyclic) bond motifs is 1. The number of hydrogen-bond acceptors (Lipinski definition) is 3. The molecule has 3 aromatic rings. The van der Waals surface area contributed by atoms with Gasteiger partial charge in [-0.1, -0.05) is 71.8 Å². The molecule has 36 heavy (non-hydrogen) atoms. The first-order valence-corrected chi connectivity index (χ1v) is 11.9. The number of allylic oxidation sites excluding steroid dienone is 1. The lowest BCUT2D eigenvalue weighted by atomic mass is 9.78. The summed E-state index contributed by atoms with van der Waals surface area (Å²) >= 11 is 6.42. The molecule has 0 radical (unpaired) electrons. The van der Waals surface area contributed by atoms with E-state index in [1.807, 2.05) is 19.1 Å². The fourth-order valence-electron chi connectivity index (χ4n) is 5.04. The van der Waals surface area contributed by atoms with Crippen molar-refractivity contribution in [2.75, 3.05) is 10.2 Å². The predicted molar refractivity (Wildman–Crippen MR) is 133 cm³/mol. The molecule has 1 aliphatic heterocycles. The van der Waals surface area contributed by atoms with E-state index in [0.29, 0.717) is 33.3 Å². The van der Waals surface area contributed by atoms with Gasteiger partial charge in [-0.05, 0) is 48.6 Å². The van der Waals surface area contributed by atoms with Gasteiger partial charge < -0.3 is 5.32 Å². The monoisotopic (exact) mass is 510 g/mol. The van der Waals surface area contributed by atoms with Crippen molar-refractivity contribution >= 4 is 34.7 Å². The largest absolute Gasteiger partial charge is 0.471 e. The molecule has 4 nitrogen and oxygen atoms in total. The molecule has 0 saturated heterocycles. The highest BCUT2D eigenvalue weighted by Gasteiger charge is 2.50. The SMILES string of the molecule is Cc1ccc([C@@H]2C3=C(C[C@@H](c4ccccc4Cl)CC3=O)Nc3ccccc3N2C(=O)C(F)(F)F)cc1. The van der Waals surface area contributed by atoms with E-state index in [1.54, 1.807) is 54.6 Å². The average molecular weight is 511 g/mol. The Balaban J connectivity index is 1.74. The Morgan fingerprint density at radius 2 is 1.64 bits per heavy atom. The first kappa shape index (κ1) is 24.1. The van der Waals surface area contributed by atoms with Gasteiger partial charge in [-0.3, -0.25) is 14.5 Å². The van der Waals surface area contributed by atoms with Gasteiger partial charge in [0.1, 0.15) is 0 Å². The van der Waals surface area contributed by atoms with Crippen molar-refractivity contribution in [1.29, 1.82) is 0 Å². The van der Waals surface area contributed by atoms with Crippen LogP contribution in [-0.4, -0.2) is 17.9 Å². The molecule has 0 saturated carbocycles. The Bertz CT molecular complexity index is 1380. The predicted octanol–water partition coefficient (Wildman–Crippen LogP) is 7.11. The van der Waals surface area contributed by atoms with E-state index in [1.165, 1.54) is 6.07 Å². The van der Waals surface area contributed by atoms with Gasteiger partial charge in [0.25, 0.3) is 0 Å². The highest BCUT2D eigenvalue weighted by atomic mass is 35.5. The second kappa shape index (κ2) is 9.13. The van der Waals surface area contributed by atoms with Crippen LogP contribution < -0.4 is 10.2 Å². The molecule has 2 aliphatic rings. The Kier molecular flexibility index (Phi) is 6.12. The van der Waals surface area contributed by atoms with Crippen LogP contribution in [0.2, 0.25) is 5.02 Å². The maximum atomic E-state index is 13.9. The van der Waals surface area contributed by atoms with Crippen molar-refractivity contribution in [2.24, 2.45) is 0 Å². The van der Waals surface area contributed by atoms with E-state index in [-0.39, 0.29) is 29.4 Å². The van der Waals surface area contributed by atoms with Crippen LogP contribution in [0.15, 0.2) is 84.1 Å². The topological polar surface area (TPSA) is 49.4 Å². The first-order chi connectivity index (χ1) is 17.1. The summed E-state index contributed by atoms with van der Waals surface area (Å²) in [5.74, 6) is -2.61. The Morgan fingerprint density at radius 1 is 0.972 bits per heavy atom. The lowest BCUT2D eigenvalue weighted by Gasteiger charge is -2.35. The van der Waals surface area contributed by atoms with Crippen LogP contribution >= 0.6 is 11.6 Å². The third-order valence-corrected chi connectivity index (χ3v) is 7.03. The number of nitrogens with zero attached hydrogens (tertiary/aromatic N) is 1. The van der Waals surface area contributed by atoms with E-state index < -0.39 is 18.1 Å². The quantitative estimate of drug-likeness (QED) is 0.399. The molecule has 8 heteroatoms. The number of benzene rings is 3. The lowest BCUT2D eigenvalue weighted by molar-refractivity contribution is -0.170. The molecule has 0 unspecified atom stereocenters. The van der Waals surface area contributed by atoms with Crippen molar-refractivity contribution in [3.05, 3.63) is 106 Å². The number of nitrogens with one attached hydrogen (secondary N) is 1. The zero-order valence-electron chi connectivity index (χ0n) is 19.3. The van der Waals surface area contributed by atoms with Crippen LogP contribution in [0, 0.1) is 6.92 Å². The number of Topliss-reactive ketones (excluding diaryl/α,β-unsaturated/α-hetero) is 1. The number of hydrogen-bond donors (Lipinski definition) is 1. The molecule has 0 fully saturated rings. The molecule has 1 heterocycles. The number of para-hydroxylation sites is 2. The van der Waals surface area contributed by atoms with Gasteiger partial charge in [0.15, 0.2) is 5.78 Å². The maximum absolute atomic E-state index is 13.9. The van der Waals surface area contributed by atoms with Gasteiger partial charge in [-0.25, -0.2) is 0 Å². The second-order valence-electron chi connectivity index (χ2n) is 9.07. The molecule has 1 amide bonds.